The monoisotopic (exact) mass is 228 g/mol. The highest BCUT2D eigenvalue weighted by molar-refractivity contribution is 6.28. The van der Waals surface area contributed by atoms with Crippen LogP contribution in [-0.2, 0) is 6.42 Å². The van der Waals surface area contributed by atoms with Crippen molar-refractivity contribution in [2.75, 3.05) is 0 Å². The molecule has 15 heavy (non-hydrogen) atoms. The Bertz CT molecular complexity index is 450. The molecular weight excluding hydrogens is 220 g/mol. The van der Waals surface area contributed by atoms with Crippen molar-refractivity contribution in [1.29, 1.82) is 0 Å². The molecular formula is C9H9ClN2O3. The second-order valence-electron chi connectivity index (χ2n) is 3.17. The Morgan fingerprint density at radius 2 is 2.33 bits per heavy atom. The molecule has 1 unspecified atom stereocenters. The average Bonchev–Trinajstić information content (AvgIpc) is 2.72. The Morgan fingerprint density at radius 1 is 1.53 bits per heavy atom. The van der Waals surface area contributed by atoms with Gasteiger partial charge in [-0.2, -0.15) is 4.98 Å². The Morgan fingerprint density at radius 3 is 2.93 bits per heavy atom. The summed E-state index contributed by atoms with van der Waals surface area (Å²) < 4.78 is 10.0. The minimum atomic E-state index is -0.515. The summed E-state index contributed by atoms with van der Waals surface area (Å²) in [6, 6.07) is 3.25. The summed E-state index contributed by atoms with van der Waals surface area (Å²) in [5, 5.41) is 13.1. The second kappa shape index (κ2) is 4.04. The quantitative estimate of drug-likeness (QED) is 0.869. The van der Waals surface area contributed by atoms with E-state index in [0.717, 1.165) is 0 Å². The lowest BCUT2D eigenvalue weighted by Crippen LogP contribution is -2.04. The maximum atomic E-state index is 9.12. The zero-order valence-electron chi connectivity index (χ0n) is 7.98. The summed E-state index contributed by atoms with van der Waals surface area (Å²) in [6.07, 6.45) is -0.194. The lowest BCUT2D eigenvalue weighted by molar-refractivity contribution is 0.181. The first-order chi connectivity index (χ1) is 7.15. The van der Waals surface area contributed by atoms with Crippen LogP contribution in [0, 0.1) is 0 Å². The van der Waals surface area contributed by atoms with Crippen molar-refractivity contribution in [2.45, 2.75) is 19.4 Å². The van der Waals surface area contributed by atoms with Crippen LogP contribution in [0.2, 0.25) is 5.22 Å². The lowest BCUT2D eigenvalue weighted by atomic mass is 10.3. The molecule has 0 bridgehead atoms. The summed E-state index contributed by atoms with van der Waals surface area (Å²) in [5.74, 6) is 1.14. The summed E-state index contributed by atoms with van der Waals surface area (Å²) in [4.78, 5) is 4.04. The minimum absolute atomic E-state index is 0.270. The normalized spacial score (nSPS) is 13.0. The van der Waals surface area contributed by atoms with Gasteiger partial charge < -0.3 is 14.0 Å². The fourth-order valence-electron chi connectivity index (χ4n) is 1.13. The van der Waals surface area contributed by atoms with Crippen molar-refractivity contribution in [2.24, 2.45) is 0 Å². The molecule has 80 valence electrons. The van der Waals surface area contributed by atoms with Gasteiger partial charge in [0.25, 0.3) is 0 Å². The fourth-order valence-corrected chi connectivity index (χ4v) is 1.27. The highest BCUT2D eigenvalue weighted by Gasteiger charge is 2.13. The predicted octanol–water partition coefficient (Wildman–Crippen LogP) is 1.91. The Hall–Kier alpha value is -1.33. The maximum Gasteiger partial charge on any atom is 0.238 e. The van der Waals surface area contributed by atoms with Crippen LogP contribution in [-0.4, -0.2) is 21.4 Å². The van der Waals surface area contributed by atoms with E-state index in [4.69, 9.17) is 25.6 Å². The largest absolute Gasteiger partial charge is 0.441 e. The van der Waals surface area contributed by atoms with E-state index in [2.05, 4.69) is 10.1 Å². The Kier molecular flexibility index (Phi) is 2.75. The van der Waals surface area contributed by atoms with E-state index in [0.29, 0.717) is 23.9 Å². The number of aromatic nitrogens is 2. The van der Waals surface area contributed by atoms with Gasteiger partial charge in [-0.05, 0) is 30.7 Å². The van der Waals surface area contributed by atoms with Crippen molar-refractivity contribution in [3.05, 3.63) is 23.2 Å². The van der Waals surface area contributed by atoms with E-state index in [1.165, 1.54) is 0 Å². The molecule has 2 rings (SSSR count). The third kappa shape index (κ3) is 2.37. The number of hydrogen-bond acceptors (Lipinski definition) is 5. The van der Waals surface area contributed by atoms with Crippen molar-refractivity contribution in [3.63, 3.8) is 0 Å². The molecule has 5 nitrogen and oxygen atoms in total. The molecule has 1 atom stereocenters. The zero-order chi connectivity index (χ0) is 10.8. The van der Waals surface area contributed by atoms with E-state index < -0.39 is 6.10 Å². The van der Waals surface area contributed by atoms with E-state index in [1.807, 2.05) is 0 Å². The standard InChI is InChI=1S/C9H9ClN2O3/c1-5(13)4-8-11-9(12-15-8)6-2-3-7(10)14-6/h2-3,5,13H,4H2,1H3. The topological polar surface area (TPSA) is 72.3 Å². The van der Waals surface area contributed by atoms with Crippen molar-refractivity contribution in [3.8, 4) is 11.6 Å². The highest BCUT2D eigenvalue weighted by Crippen LogP contribution is 2.22. The summed E-state index contributed by atoms with van der Waals surface area (Å²) >= 11 is 5.61. The van der Waals surface area contributed by atoms with E-state index in [-0.39, 0.29) is 5.22 Å². The van der Waals surface area contributed by atoms with Crippen LogP contribution in [0.1, 0.15) is 12.8 Å². The molecule has 0 aliphatic carbocycles. The van der Waals surface area contributed by atoms with Gasteiger partial charge in [0.15, 0.2) is 11.0 Å². The number of rotatable bonds is 3. The van der Waals surface area contributed by atoms with Crippen LogP contribution >= 0.6 is 11.6 Å². The van der Waals surface area contributed by atoms with Crippen LogP contribution in [0.15, 0.2) is 21.1 Å². The fraction of sp³-hybridized carbons (Fsp3) is 0.333. The van der Waals surface area contributed by atoms with Gasteiger partial charge in [0.1, 0.15) is 0 Å². The summed E-state index contributed by atoms with van der Waals surface area (Å²) in [6.45, 7) is 1.65. The van der Waals surface area contributed by atoms with Gasteiger partial charge in [0.05, 0.1) is 12.5 Å². The van der Waals surface area contributed by atoms with Crippen LogP contribution in [0.4, 0.5) is 0 Å². The molecule has 0 fully saturated rings. The Balaban J connectivity index is 2.20. The van der Waals surface area contributed by atoms with Gasteiger partial charge in [-0.3, -0.25) is 0 Å². The minimum Gasteiger partial charge on any atom is -0.441 e. The number of nitrogens with zero attached hydrogens (tertiary/aromatic N) is 2. The predicted molar refractivity (Wildman–Crippen MR) is 52.4 cm³/mol. The molecule has 6 heteroatoms. The molecule has 2 heterocycles. The van der Waals surface area contributed by atoms with Crippen molar-refractivity contribution >= 4 is 11.6 Å². The van der Waals surface area contributed by atoms with Crippen LogP contribution in [0.25, 0.3) is 11.6 Å². The first kappa shape index (κ1) is 10.2. The maximum absolute atomic E-state index is 9.12. The van der Waals surface area contributed by atoms with Crippen molar-refractivity contribution < 1.29 is 14.0 Å². The molecule has 0 saturated carbocycles. The number of hydrogen-bond donors (Lipinski definition) is 1. The molecule has 2 aromatic heterocycles. The third-order valence-corrected chi connectivity index (χ3v) is 1.93. The summed E-state index contributed by atoms with van der Waals surface area (Å²) in [7, 11) is 0. The van der Waals surface area contributed by atoms with Gasteiger partial charge in [0.2, 0.25) is 11.7 Å². The molecule has 0 aliphatic heterocycles. The zero-order valence-corrected chi connectivity index (χ0v) is 8.73. The third-order valence-electron chi connectivity index (χ3n) is 1.73. The molecule has 0 saturated heterocycles. The van der Waals surface area contributed by atoms with Gasteiger partial charge in [-0.25, -0.2) is 0 Å². The van der Waals surface area contributed by atoms with E-state index >= 15 is 0 Å². The molecule has 1 N–H and O–H groups in total. The first-order valence-corrected chi connectivity index (χ1v) is 4.79. The van der Waals surface area contributed by atoms with Crippen LogP contribution in [0.5, 0.6) is 0 Å². The van der Waals surface area contributed by atoms with E-state index in [9.17, 15) is 0 Å². The number of halogens is 1. The summed E-state index contributed by atoms with van der Waals surface area (Å²) in [5.41, 5.74) is 0. The SMILES string of the molecule is CC(O)Cc1nc(-c2ccc(Cl)o2)no1. The van der Waals surface area contributed by atoms with Crippen LogP contribution in [0.3, 0.4) is 0 Å². The second-order valence-corrected chi connectivity index (χ2v) is 3.54. The number of aliphatic hydroxyl groups excluding tert-OH is 1. The van der Waals surface area contributed by atoms with Gasteiger partial charge in [0, 0.05) is 0 Å². The smallest absolute Gasteiger partial charge is 0.238 e. The first-order valence-electron chi connectivity index (χ1n) is 4.41. The number of furan rings is 1. The molecule has 2 aromatic rings. The number of aliphatic hydroxyl groups is 1. The molecule has 0 spiro atoms. The van der Waals surface area contributed by atoms with Gasteiger partial charge in [-0.15, -0.1) is 0 Å². The molecule has 0 aromatic carbocycles. The lowest BCUT2D eigenvalue weighted by Gasteiger charge is -1.95. The van der Waals surface area contributed by atoms with E-state index in [1.54, 1.807) is 19.1 Å². The average molecular weight is 229 g/mol. The van der Waals surface area contributed by atoms with Crippen molar-refractivity contribution in [1.82, 2.24) is 10.1 Å². The van der Waals surface area contributed by atoms with Gasteiger partial charge in [-0.1, -0.05) is 5.16 Å². The molecule has 0 amide bonds. The molecule has 0 radical (unpaired) electrons. The van der Waals surface area contributed by atoms with Gasteiger partial charge >= 0.3 is 0 Å². The Labute approximate surface area is 90.7 Å². The highest BCUT2D eigenvalue weighted by atomic mass is 35.5. The molecule has 0 aliphatic rings. The van der Waals surface area contributed by atoms with Crippen LogP contribution < -0.4 is 0 Å².